The molecule has 0 unspecified atom stereocenters. The molecule has 0 atom stereocenters. The SMILES string of the molecule is O=c1c(NCCCc2ccc(O)cc2)c(NCCc2ccsc2)c1=O. The Hall–Kier alpha value is -2.60. The number of hydrogen-bond acceptors (Lipinski definition) is 6. The topological polar surface area (TPSA) is 78.4 Å². The fourth-order valence-corrected chi connectivity index (χ4v) is 3.37. The van der Waals surface area contributed by atoms with Gasteiger partial charge in [0.2, 0.25) is 0 Å². The van der Waals surface area contributed by atoms with Crippen LogP contribution in [-0.4, -0.2) is 18.2 Å². The molecule has 0 saturated heterocycles. The van der Waals surface area contributed by atoms with Gasteiger partial charge in [-0.3, -0.25) is 9.59 Å². The molecule has 0 radical (unpaired) electrons. The van der Waals surface area contributed by atoms with E-state index in [-0.39, 0.29) is 5.75 Å². The predicted molar refractivity (Wildman–Crippen MR) is 103 cm³/mol. The zero-order chi connectivity index (χ0) is 17.6. The van der Waals surface area contributed by atoms with Gasteiger partial charge < -0.3 is 15.7 Å². The van der Waals surface area contributed by atoms with E-state index in [1.54, 1.807) is 23.5 Å². The Morgan fingerprint density at radius 2 is 1.52 bits per heavy atom. The third-order valence-electron chi connectivity index (χ3n) is 4.09. The molecule has 0 fully saturated rings. The van der Waals surface area contributed by atoms with Crippen LogP contribution >= 0.6 is 11.3 Å². The van der Waals surface area contributed by atoms with E-state index in [0.717, 1.165) is 24.8 Å². The number of anilines is 2. The Morgan fingerprint density at radius 3 is 2.16 bits per heavy atom. The van der Waals surface area contributed by atoms with Crippen molar-refractivity contribution in [1.82, 2.24) is 0 Å². The second-order valence-electron chi connectivity index (χ2n) is 5.91. The summed E-state index contributed by atoms with van der Waals surface area (Å²) in [5, 5.41) is 19.5. The minimum Gasteiger partial charge on any atom is -0.508 e. The molecule has 0 aliphatic carbocycles. The summed E-state index contributed by atoms with van der Waals surface area (Å²) in [5.41, 5.74) is 2.28. The van der Waals surface area contributed by atoms with Gasteiger partial charge in [-0.1, -0.05) is 12.1 Å². The second-order valence-corrected chi connectivity index (χ2v) is 6.69. The minimum absolute atomic E-state index is 0.253. The third kappa shape index (κ3) is 4.28. The van der Waals surface area contributed by atoms with Gasteiger partial charge in [-0.05, 0) is 59.3 Å². The first-order chi connectivity index (χ1) is 12.1. The van der Waals surface area contributed by atoms with Crippen molar-refractivity contribution in [3.63, 3.8) is 0 Å². The molecule has 0 aliphatic rings. The molecule has 0 aliphatic heterocycles. The number of hydrogen-bond donors (Lipinski definition) is 3. The van der Waals surface area contributed by atoms with Gasteiger partial charge in [0, 0.05) is 13.1 Å². The molecule has 5 nitrogen and oxygen atoms in total. The normalized spacial score (nSPS) is 10.9. The molecule has 2 aromatic carbocycles. The maximum absolute atomic E-state index is 11.7. The highest BCUT2D eigenvalue weighted by Gasteiger charge is 2.19. The van der Waals surface area contributed by atoms with Crippen LogP contribution in [0.2, 0.25) is 0 Å². The van der Waals surface area contributed by atoms with Gasteiger partial charge in [0.15, 0.2) is 0 Å². The number of aryl methyl sites for hydroxylation is 1. The van der Waals surface area contributed by atoms with Crippen LogP contribution in [0.4, 0.5) is 11.4 Å². The number of nitrogens with one attached hydrogen (secondary N) is 2. The van der Waals surface area contributed by atoms with E-state index in [9.17, 15) is 14.7 Å². The van der Waals surface area contributed by atoms with Gasteiger partial charge in [0.05, 0.1) is 0 Å². The molecule has 1 heterocycles. The molecule has 0 bridgehead atoms. The van der Waals surface area contributed by atoms with Gasteiger partial charge >= 0.3 is 0 Å². The maximum Gasteiger partial charge on any atom is 0.253 e. The maximum atomic E-state index is 11.7. The Kier molecular flexibility index (Phi) is 5.50. The summed E-state index contributed by atoms with van der Waals surface area (Å²) in [5.74, 6) is 0.253. The quantitative estimate of drug-likeness (QED) is 0.406. The highest BCUT2D eigenvalue weighted by molar-refractivity contribution is 7.07. The van der Waals surface area contributed by atoms with E-state index in [1.165, 1.54) is 5.56 Å². The first-order valence-corrected chi connectivity index (χ1v) is 9.19. The van der Waals surface area contributed by atoms with Crippen LogP contribution in [0, 0.1) is 0 Å². The van der Waals surface area contributed by atoms with Crippen LogP contribution in [0.15, 0.2) is 50.7 Å². The fourth-order valence-electron chi connectivity index (χ4n) is 2.66. The van der Waals surface area contributed by atoms with Crippen molar-refractivity contribution < 1.29 is 5.11 Å². The van der Waals surface area contributed by atoms with Gasteiger partial charge in [-0.2, -0.15) is 11.3 Å². The highest BCUT2D eigenvalue weighted by Crippen LogP contribution is 2.16. The zero-order valence-electron chi connectivity index (χ0n) is 13.7. The largest absolute Gasteiger partial charge is 0.508 e. The molecule has 6 heteroatoms. The summed E-state index contributed by atoms with van der Waals surface area (Å²) in [4.78, 5) is 23.4. The molecular formula is C19H20N2O3S. The number of aromatic hydroxyl groups is 1. The monoisotopic (exact) mass is 356 g/mol. The van der Waals surface area contributed by atoms with Gasteiger partial charge in [0.1, 0.15) is 17.1 Å². The van der Waals surface area contributed by atoms with Crippen LogP contribution in [0.1, 0.15) is 17.5 Å². The Bertz CT molecular complexity index is 879. The fraction of sp³-hybridized carbons (Fsp3) is 0.263. The zero-order valence-corrected chi connectivity index (χ0v) is 14.6. The molecule has 0 saturated carbocycles. The molecule has 0 spiro atoms. The number of phenolic OH excluding ortho intramolecular Hbond substituents is 1. The standard InChI is InChI=1S/C19H20N2O3S/c22-15-5-3-13(4-6-15)2-1-9-20-16-17(19(24)18(16)23)21-10-7-14-8-11-25-12-14/h3-6,8,11-12,20-22H,1-2,7,9-10H2. The Labute approximate surface area is 149 Å². The number of rotatable bonds is 9. The molecule has 0 amide bonds. The van der Waals surface area contributed by atoms with Crippen molar-refractivity contribution in [2.24, 2.45) is 0 Å². The lowest BCUT2D eigenvalue weighted by Gasteiger charge is -2.14. The molecular weight excluding hydrogens is 336 g/mol. The average molecular weight is 356 g/mol. The lowest BCUT2D eigenvalue weighted by Crippen LogP contribution is -2.38. The van der Waals surface area contributed by atoms with Crippen LogP contribution in [0.25, 0.3) is 0 Å². The van der Waals surface area contributed by atoms with Gasteiger partial charge in [-0.25, -0.2) is 0 Å². The number of thiophene rings is 1. The first-order valence-electron chi connectivity index (χ1n) is 8.25. The van der Waals surface area contributed by atoms with E-state index in [0.29, 0.717) is 24.5 Å². The molecule has 3 rings (SSSR count). The number of phenols is 1. The van der Waals surface area contributed by atoms with E-state index < -0.39 is 10.9 Å². The number of benzene rings is 1. The van der Waals surface area contributed by atoms with Gasteiger partial charge in [0.25, 0.3) is 10.9 Å². The van der Waals surface area contributed by atoms with Crippen LogP contribution in [0.5, 0.6) is 5.75 Å². The Balaban J connectivity index is 1.46. The summed E-state index contributed by atoms with van der Waals surface area (Å²) < 4.78 is 0. The lowest BCUT2D eigenvalue weighted by atomic mass is 10.1. The summed E-state index contributed by atoms with van der Waals surface area (Å²) >= 11 is 1.65. The van der Waals surface area contributed by atoms with Crippen LogP contribution in [-0.2, 0) is 12.8 Å². The minimum atomic E-state index is -0.442. The third-order valence-corrected chi connectivity index (χ3v) is 4.82. The van der Waals surface area contributed by atoms with Crippen molar-refractivity contribution >= 4 is 22.7 Å². The molecule has 1 aromatic heterocycles. The van der Waals surface area contributed by atoms with Crippen molar-refractivity contribution in [3.8, 4) is 5.75 Å². The van der Waals surface area contributed by atoms with Crippen molar-refractivity contribution in [1.29, 1.82) is 0 Å². The molecule has 3 N–H and O–H groups in total. The Morgan fingerprint density at radius 1 is 0.840 bits per heavy atom. The summed E-state index contributed by atoms with van der Waals surface area (Å²) in [6.07, 6.45) is 2.49. The van der Waals surface area contributed by atoms with Crippen LogP contribution < -0.4 is 21.5 Å². The van der Waals surface area contributed by atoms with Gasteiger partial charge in [-0.15, -0.1) is 0 Å². The highest BCUT2D eigenvalue weighted by atomic mass is 32.1. The first kappa shape index (κ1) is 17.2. The van der Waals surface area contributed by atoms with Crippen LogP contribution in [0.3, 0.4) is 0 Å². The van der Waals surface area contributed by atoms with E-state index >= 15 is 0 Å². The van der Waals surface area contributed by atoms with E-state index in [2.05, 4.69) is 22.1 Å². The van der Waals surface area contributed by atoms with E-state index in [4.69, 9.17) is 0 Å². The lowest BCUT2D eigenvalue weighted by molar-refractivity contribution is 0.475. The molecule has 130 valence electrons. The summed E-state index contributed by atoms with van der Waals surface area (Å²) in [6.45, 7) is 1.24. The van der Waals surface area contributed by atoms with E-state index in [1.807, 2.05) is 17.5 Å². The summed E-state index contributed by atoms with van der Waals surface area (Å²) in [6, 6.07) is 9.13. The predicted octanol–water partition coefficient (Wildman–Crippen LogP) is 2.75. The smallest absolute Gasteiger partial charge is 0.253 e. The van der Waals surface area contributed by atoms with Crippen molar-refractivity contribution in [2.75, 3.05) is 23.7 Å². The summed E-state index contributed by atoms with van der Waals surface area (Å²) in [7, 11) is 0. The average Bonchev–Trinajstić information content (AvgIpc) is 3.14. The van der Waals surface area contributed by atoms with Crippen molar-refractivity contribution in [3.05, 3.63) is 72.7 Å². The molecule has 25 heavy (non-hydrogen) atoms. The molecule has 3 aromatic rings. The second kappa shape index (κ2) is 7.98. The van der Waals surface area contributed by atoms with Crippen molar-refractivity contribution in [2.45, 2.75) is 19.3 Å².